The first-order valence-electron chi connectivity index (χ1n) is 7.20. The summed E-state index contributed by atoms with van der Waals surface area (Å²) in [5.74, 6) is 0.584. The molecule has 0 atom stereocenters. The van der Waals surface area contributed by atoms with E-state index in [0.29, 0.717) is 24.6 Å². The van der Waals surface area contributed by atoms with Gasteiger partial charge in [-0.05, 0) is 31.7 Å². The Morgan fingerprint density at radius 1 is 1.35 bits per heavy atom. The Kier molecular flexibility index (Phi) is 7.18. The van der Waals surface area contributed by atoms with Gasteiger partial charge in [-0.3, -0.25) is 5.10 Å². The first-order chi connectivity index (χ1) is 9.47. The molecule has 0 saturated carbocycles. The van der Waals surface area contributed by atoms with Crippen LogP contribution in [0.4, 0.5) is 0 Å². The van der Waals surface area contributed by atoms with Gasteiger partial charge in [0, 0.05) is 18.7 Å². The van der Waals surface area contributed by atoms with E-state index in [1.165, 1.54) is 0 Å². The van der Waals surface area contributed by atoms with Crippen molar-refractivity contribution >= 4 is 10.0 Å². The van der Waals surface area contributed by atoms with Gasteiger partial charge in [-0.1, -0.05) is 20.8 Å². The molecular formula is C13H26N4O2S. The number of hydrogen-bond donors (Lipinski definition) is 3. The van der Waals surface area contributed by atoms with E-state index >= 15 is 0 Å². The van der Waals surface area contributed by atoms with Gasteiger partial charge in [0.05, 0.1) is 6.20 Å². The van der Waals surface area contributed by atoms with Crippen molar-refractivity contribution in [1.82, 2.24) is 20.2 Å². The van der Waals surface area contributed by atoms with Crippen LogP contribution in [-0.2, 0) is 16.6 Å². The second-order valence-corrected chi connectivity index (χ2v) is 7.04. The highest BCUT2D eigenvalue weighted by Gasteiger charge is 2.19. The standard InChI is InChI=1S/C13H26N4O2S/c1-4-7-14-9-12-10-15-17-13(12)20(18,19)16-8-5-6-11(2)3/h10-11,14,16H,4-9H2,1-3H3,(H,15,17). The second-order valence-electron chi connectivity index (χ2n) is 5.33. The van der Waals surface area contributed by atoms with E-state index < -0.39 is 10.0 Å². The van der Waals surface area contributed by atoms with E-state index in [-0.39, 0.29) is 5.03 Å². The number of rotatable bonds is 10. The van der Waals surface area contributed by atoms with Crippen molar-refractivity contribution in [2.24, 2.45) is 5.92 Å². The molecule has 7 heteroatoms. The number of aromatic nitrogens is 2. The third kappa shape index (κ3) is 5.60. The summed E-state index contributed by atoms with van der Waals surface area (Å²) in [5.41, 5.74) is 0.676. The molecule has 1 aromatic rings. The zero-order valence-corrected chi connectivity index (χ0v) is 13.4. The Morgan fingerprint density at radius 2 is 2.10 bits per heavy atom. The summed E-state index contributed by atoms with van der Waals surface area (Å²) in [6.07, 6.45) is 4.42. The lowest BCUT2D eigenvalue weighted by molar-refractivity contribution is 0.537. The van der Waals surface area contributed by atoms with Crippen LogP contribution in [0.1, 0.15) is 45.6 Å². The minimum atomic E-state index is -3.49. The van der Waals surface area contributed by atoms with Crippen LogP contribution in [0, 0.1) is 5.92 Å². The Hall–Kier alpha value is -0.920. The average Bonchev–Trinajstić information content (AvgIpc) is 2.84. The molecule has 0 bridgehead atoms. The highest BCUT2D eigenvalue weighted by Crippen LogP contribution is 2.12. The first-order valence-corrected chi connectivity index (χ1v) is 8.68. The Balaban J connectivity index is 2.56. The number of nitrogens with one attached hydrogen (secondary N) is 3. The zero-order chi connectivity index (χ0) is 15.0. The van der Waals surface area contributed by atoms with Crippen molar-refractivity contribution < 1.29 is 8.42 Å². The van der Waals surface area contributed by atoms with Crippen LogP contribution in [-0.4, -0.2) is 31.7 Å². The molecule has 1 heterocycles. The zero-order valence-electron chi connectivity index (χ0n) is 12.6. The van der Waals surface area contributed by atoms with Crippen molar-refractivity contribution in [1.29, 1.82) is 0 Å². The molecule has 0 unspecified atom stereocenters. The number of H-pyrrole nitrogens is 1. The number of aromatic amines is 1. The maximum atomic E-state index is 12.2. The highest BCUT2D eigenvalue weighted by atomic mass is 32.2. The fourth-order valence-electron chi connectivity index (χ4n) is 1.85. The van der Waals surface area contributed by atoms with Crippen molar-refractivity contribution in [3.8, 4) is 0 Å². The average molecular weight is 302 g/mol. The maximum absolute atomic E-state index is 12.2. The number of sulfonamides is 1. The molecule has 0 aliphatic heterocycles. The first kappa shape index (κ1) is 17.1. The molecule has 0 aromatic carbocycles. The van der Waals surface area contributed by atoms with Crippen molar-refractivity contribution in [2.75, 3.05) is 13.1 Å². The molecule has 6 nitrogen and oxygen atoms in total. The Bertz CT molecular complexity index is 482. The predicted octanol–water partition coefficient (Wildman–Crippen LogP) is 1.62. The molecule has 0 amide bonds. The number of hydrogen-bond acceptors (Lipinski definition) is 4. The molecular weight excluding hydrogens is 276 g/mol. The molecule has 0 radical (unpaired) electrons. The molecule has 3 N–H and O–H groups in total. The van der Waals surface area contributed by atoms with Crippen LogP contribution < -0.4 is 10.0 Å². The molecule has 116 valence electrons. The van der Waals surface area contributed by atoms with Gasteiger partial charge < -0.3 is 5.32 Å². The summed E-state index contributed by atoms with van der Waals surface area (Å²) in [5, 5.41) is 9.77. The monoisotopic (exact) mass is 302 g/mol. The summed E-state index contributed by atoms with van der Waals surface area (Å²) < 4.78 is 27.0. The second kappa shape index (κ2) is 8.39. The van der Waals surface area contributed by atoms with E-state index in [9.17, 15) is 8.42 Å². The molecule has 0 saturated heterocycles. The van der Waals surface area contributed by atoms with Crippen molar-refractivity contribution in [3.63, 3.8) is 0 Å². The largest absolute Gasteiger partial charge is 0.313 e. The molecule has 0 aliphatic carbocycles. The lowest BCUT2D eigenvalue weighted by atomic mass is 10.1. The SMILES string of the molecule is CCCNCc1cn[nH]c1S(=O)(=O)NCCCC(C)C. The summed E-state index contributed by atoms with van der Waals surface area (Å²) >= 11 is 0. The topological polar surface area (TPSA) is 86.9 Å². The normalized spacial score (nSPS) is 12.2. The quantitative estimate of drug-likeness (QED) is 0.573. The minimum absolute atomic E-state index is 0.172. The summed E-state index contributed by atoms with van der Waals surface area (Å²) in [6, 6.07) is 0. The number of nitrogens with zero attached hydrogens (tertiary/aromatic N) is 1. The third-order valence-electron chi connectivity index (χ3n) is 2.94. The summed E-state index contributed by atoms with van der Waals surface area (Å²) in [4.78, 5) is 0. The molecule has 20 heavy (non-hydrogen) atoms. The Labute approximate surface area is 121 Å². The van der Waals surface area contributed by atoms with Crippen LogP contribution in [0.15, 0.2) is 11.2 Å². The van der Waals surface area contributed by atoms with E-state index in [2.05, 4.69) is 41.0 Å². The van der Waals surface area contributed by atoms with E-state index in [1.807, 2.05) is 0 Å². The lowest BCUT2D eigenvalue weighted by Gasteiger charge is -2.08. The van der Waals surface area contributed by atoms with Crippen LogP contribution in [0.3, 0.4) is 0 Å². The molecule has 1 aromatic heterocycles. The van der Waals surface area contributed by atoms with Crippen LogP contribution in [0.5, 0.6) is 0 Å². The minimum Gasteiger partial charge on any atom is -0.313 e. The van der Waals surface area contributed by atoms with Gasteiger partial charge >= 0.3 is 0 Å². The van der Waals surface area contributed by atoms with Crippen LogP contribution >= 0.6 is 0 Å². The van der Waals surface area contributed by atoms with Gasteiger partial charge in [-0.25, -0.2) is 13.1 Å². The van der Waals surface area contributed by atoms with Gasteiger partial charge in [0.2, 0.25) is 0 Å². The van der Waals surface area contributed by atoms with Crippen LogP contribution in [0.2, 0.25) is 0 Å². The molecule has 1 rings (SSSR count). The van der Waals surface area contributed by atoms with Crippen LogP contribution in [0.25, 0.3) is 0 Å². The molecule has 0 fully saturated rings. The summed E-state index contributed by atoms with van der Waals surface area (Å²) in [6.45, 7) is 8.14. The van der Waals surface area contributed by atoms with Gasteiger partial charge in [-0.2, -0.15) is 5.10 Å². The predicted molar refractivity (Wildman–Crippen MR) is 79.8 cm³/mol. The smallest absolute Gasteiger partial charge is 0.257 e. The highest BCUT2D eigenvalue weighted by molar-refractivity contribution is 7.89. The summed E-state index contributed by atoms with van der Waals surface area (Å²) in [7, 11) is -3.49. The van der Waals surface area contributed by atoms with E-state index in [0.717, 1.165) is 25.8 Å². The third-order valence-corrected chi connectivity index (χ3v) is 4.41. The maximum Gasteiger partial charge on any atom is 0.257 e. The van der Waals surface area contributed by atoms with E-state index in [1.54, 1.807) is 6.20 Å². The lowest BCUT2D eigenvalue weighted by Crippen LogP contribution is -2.27. The molecule has 0 spiro atoms. The fraction of sp³-hybridized carbons (Fsp3) is 0.769. The van der Waals surface area contributed by atoms with Gasteiger partial charge in [0.15, 0.2) is 5.03 Å². The fourth-order valence-corrected chi connectivity index (χ4v) is 3.05. The Morgan fingerprint density at radius 3 is 2.75 bits per heavy atom. The molecule has 0 aliphatic rings. The van der Waals surface area contributed by atoms with E-state index in [4.69, 9.17) is 0 Å². The van der Waals surface area contributed by atoms with Gasteiger partial charge in [-0.15, -0.1) is 0 Å². The van der Waals surface area contributed by atoms with Crippen molar-refractivity contribution in [3.05, 3.63) is 11.8 Å². The van der Waals surface area contributed by atoms with Gasteiger partial charge in [0.1, 0.15) is 0 Å². The van der Waals surface area contributed by atoms with Crippen molar-refractivity contribution in [2.45, 2.75) is 51.6 Å². The van der Waals surface area contributed by atoms with Gasteiger partial charge in [0.25, 0.3) is 10.0 Å².